The minimum absolute atomic E-state index is 0.0458. The van der Waals surface area contributed by atoms with Crippen LogP contribution >= 0.6 is 11.6 Å². The largest absolute Gasteiger partial charge is 0.497 e. The summed E-state index contributed by atoms with van der Waals surface area (Å²) in [5.41, 5.74) is 10.9. The molecule has 2 rings (SSSR count). The van der Waals surface area contributed by atoms with Crippen molar-refractivity contribution in [3.05, 3.63) is 35.0 Å². The number of methoxy groups -OCH3 is 1. The number of benzene rings is 1. The Morgan fingerprint density at radius 2 is 1.83 bits per heavy atom. The van der Waals surface area contributed by atoms with Crippen LogP contribution in [0.15, 0.2) is 35.0 Å². The molecule has 0 aromatic heterocycles. The number of rotatable bonds is 6. The van der Waals surface area contributed by atoms with Crippen LogP contribution in [0.5, 0.6) is 5.75 Å². The number of anilines is 1. The van der Waals surface area contributed by atoms with Crippen molar-refractivity contribution in [3.8, 4) is 5.75 Å². The van der Waals surface area contributed by atoms with Gasteiger partial charge in [-0.1, -0.05) is 11.6 Å². The fraction of sp³-hybridized carbons (Fsp3) is 0.214. The average molecular weight is 340 g/mol. The number of primary amides is 2. The Kier molecular flexibility index (Phi) is 4.75. The zero-order valence-corrected chi connectivity index (χ0v) is 12.8. The molecule has 2 amide bonds. The molecule has 1 unspecified atom stereocenters. The third-order valence-corrected chi connectivity index (χ3v) is 3.58. The fourth-order valence-corrected chi connectivity index (χ4v) is 2.29. The van der Waals surface area contributed by atoms with Crippen molar-refractivity contribution in [3.63, 3.8) is 0 Å². The van der Waals surface area contributed by atoms with Gasteiger partial charge in [-0.15, -0.1) is 0 Å². The molecule has 0 bridgehead atoms. The van der Waals surface area contributed by atoms with Crippen LogP contribution in [0.25, 0.3) is 0 Å². The average Bonchev–Trinajstić information content (AvgIpc) is 2.75. The number of nitrogens with two attached hydrogens (primary N) is 2. The van der Waals surface area contributed by atoms with Crippen LogP contribution < -0.4 is 21.5 Å². The smallest absolute Gasteiger partial charge is 0.352 e. The highest BCUT2D eigenvalue weighted by Crippen LogP contribution is 2.31. The van der Waals surface area contributed by atoms with E-state index in [0.717, 1.165) is 0 Å². The fourth-order valence-electron chi connectivity index (χ4n) is 2.09. The molecule has 8 nitrogen and oxygen atoms in total. The van der Waals surface area contributed by atoms with E-state index in [-0.39, 0.29) is 10.7 Å². The maximum atomic E-state index is 11.7. The van der Waals surface area contributed by atoms with Gasteiger partial charge >= 0.3 is 5.97 Å². The standard InChI is InChI=1S/C14H14ClN3O5/c1-22-7-4-2-6(3-5-7)18-10-9(15)14(21)23-11(10)8(12(16)19)13(17)20/h2-5,8,11,18H,1H3,(H2,16,19)(H2,17,20). The number of cyclic esters (lactones) is 1. The van der Waals surface area contributed by atoms with Gasteiger partial charge in [-0.05, 0) is 24.3 Å². The second-order valence-electron chi connectivity index (χ2n) is 4.69. The normalized spacial score (nSPS) is 17.2. The minimum Gasteiger partial charge on any atom is -0.497 e. The lowest BCUT2D eigenvalue weighted by Crippen LogP contribution is -2.45. The summed E-state index contributed by atoms with van der Waals surface area (Å²) in [5.74, 6) is -3.82. The van der Waals surface area contributed by atoms with E-state index in [9.17, 15) is 14.4 Å². The van der Waals surface area contributed by atoms with Gasteiger partial charge < -0.3 is 26.3 Å². The number of esters is 1. The lowest BCUT2D eigenvalue weighted by Gasteiger charge is -2.20. The van der Waals surface area contributed by atoms with Gasteiger partial charge in [0.15, 0.2) is 12.0 Å². The van der Waals surface area contributed by atoms with Gasteiger partial charge in [-0.2, -0.15) is 0 Å². The molecule has 1 atom stereocenters. The van der Waals surface area contributed by atoms with Gasteiger partial charge in [0.05, 0.1) is 12.8 Å². The van der Waals surface area contributed by atoms with Crippen LogP contribution in [0.4, 0.5) is 5.69 Å². The first-order valence-electron chi connectivity index (χ1n) is 6.45. The highest BCUT2D eigenvalue weighted by atomic mass is 35.5. The lowest BCUT2D eigenvalue weighted by atomic mass is 9.98. The molecule has 9 heteroatoms. The Labute approximate surface area is 136 Å². The number of carbonyl (C=O) groups excluding carboxylic acids is 3. The number of carbonyl (C=O) groups is 3. The summed E-state index contributed by atoms with van der Waals surface area (Å²) in [6, 6.07) is 6.64. The van der Waals surface area contributed by atoms with Gasteiger partial charge in [-0.3, -0.25) is 9.59 Å². The Bertz CT molecular complexity index is 672. The summed E-state index contributed by atoms with van der Waals surface area (Å²) in [4.78, 5) is 34.5. The van der Waals surface area contributed by atoms with E-state index in [0.29, 0.717) is 11.4 Å². The number of nitrogens with one attached hydrogen (secondary N) is 1. The van der Waals surface area contributed by atoms with Gasteiger partial charge in [0.2, 0.25) is 11.8 Å². The molecule has 0 spiro atoms. The van der Waals surface area contributed by atoms with Crippen LogP contribution in [0.2, 0.25) is 0 Å². The molecular weight excluding hydrogens is 326 g/mol. The molecule has 0 radical (unpaired) electrons. The van der Waals surface area contributed by atoms with Crippen molar-refractivity contribution in [1.82, 2.24) is 0 Å². The molecule has 1 aliphatic rings. The third kappa shape index (κ3) is 3.37. The van der Waals surface area contributed by atoms with Gasteiger partial charge in [0, 0.05) is 5.69 Å². The monoisotopic (exact) mass is 339 g/mol. The predicted molar refractivity (Wildman–Crippen MR) is 81.3 cm³/mol. The summed E-state index contributed by atoms with van der Waals surface area (Å²) in [6.07, 6.45) is -1.30. The van der Waals surface area contributed by atoms with E-state index in [1.165, 1.54) is 7.11 Å². The van der Waals surface area contributed by atoms with E-state index >= 15 is 0 Å². The van der Waals surface area contributed by atoms with Gasteiger partial charge in [0.25, 0.3) is 0 Å². The first kappa shape index (κ1) is 16.6. The summed E-state index contributed by atoms with van der Waals surface area (Å²) < 4.78 is 9.99. The summed E-state index contributed by atoms with van der Waals surface area (Å²) in [7, 11) is 1.52. The third-order valence-electron chi connectivity index (χ3n) is 3.22. The molecular formula is C14H14ClN3O5. The topological polar surface area (TPSA) is 134 Å². The quantitative estimate of drug-likeness (QED) is 0.496. The number of halogens is 1. The van der Waals surface area contributed by atoms with Crippen LogP contribution in [0, 0.1) is 5.92 Å². The Hall–Kier alpha value is -2.74. The second-order valence-corrected chi connectivity index (χ2v) is 5.07. The van der Waals surface area contributed by atoms with Crippen molar-refractivity contribution in [2.24, 2.45) is 17.4 Å². The number of amides is 2. The number of ether oxygens (including phenoxy) is 2. The molecule has 0 saturated carbocycles. The van der Waals surface area contributed by atoms with Crippen molar-refractivity contribution < 1.29 is 23.9 Å². The zero-order valence-electron chi connectivity index (χ0n) is 12.0. The van der Waals surface area contributed by atoms with Crippen LogP contribution in [-0.4, -0.2) is 31.0 Å². The zero-order chi connectivity index (χ0) is 17.1. The summed E-state index contributed by atoms with van der Waals surface area (Å²) in [6.45, 7) is 0. The molecule has 0 fully saturated rings. The number of hydrogen-bond acceptors (Lipinski definition) is 6. The maximum absolute atomic E-state index is 11.7. The molecule has 1 heterocycles. The predicted octanol–water partition coefficient (Wildman–Crippen LogP) is 0.0697. The van der Waals surface area contributed by atoms with Crippen LogP contribution in [-0.2, 0) is 19.1 Å². The van der Waals surface area contributed by atoms with E-state index in [2.05, 4.69) is 5.32 Å². The molecule has 122 valence electrons. The van der Waals surface area contributed by atoms with E-state index in [1.807, 2.05) is 0 Å². The van der Waals surface area contributed by atoms with E-state index < -0.39 is 29.8 Å². The Morgan fingerprint density at radius 1 is 1.26 bits per heavy atom. The summed E-state index contributed by atoms with van der Waals surface area (Å²) >= 11 is 5.90. The lowest BCUT2D eigenvalue weighted by molar-refractivity contribution is -0.146. The molecule has 0 saturated heterocycles. The Balaban J connectivity index is 2.33. The summed E-state index contributed by atoms with van der Waals surface area (Å²) in [5, 5.41) is 2.56. The molecule has 0 aliphatic carbocycles. The molecule has 1 aliphatic heterocycles. The first-order valence-corrected chi connectivity index (χ1v) is 6.83. The molecule has 1 aromatic carbocycles. The van der Waals surface area contributed by atoms with Crippen molar-refractivity contribution in [2.75, 3.05) is 12.4 Å². The van der Waals surface area contributed by atoms with E-state index in [4.69, 9.17) is 32.5 Å². The molecule has 1 aromatic rings. The van der Waals surface area contributed by atoms with Gasteiger partial charge in [0.1, 0.15) is 10.8 Å². The SMILES string of the molecule is COc1ccc(NC2=C(Cl)C(=O)OC2C(C(N)=O)C(N)=O)cc1. The van der Waals surface area contributed by atoms with Crippen molar-refractivity contribution in [1.29, 1.82) is 0 Å². The molecule has 23 heavy (non-hydrogen) atoms. The van der Waals surface area contributed by atoms with Crippen molar-refractivity contribution >= 4 is 35.1 Å². The molecule has 5 N–H and O–H groups in total. The van der Waals surface area contributed by atoms with Crippen molar-refractivity contribution in [2.45, 2.75) is 6.10 Å². The van der Waals surface area contributed by atoms with E-state index in [1.54, 1.807) is 24.3 Å². The maximum Gasteiger partial charge on any atom is 0.352 e. The van der Waals surface area contributed by atoms with Gasteiger partial charge in [-0.25, -0.2) is 4.79 Å². The minimum atomic E-state index is -1.53. The second kappa shape index (κ2) is 6.57. The van der Waals surface area contributed by atoms with Crippen LogP contribution in [0.1, 0.15) is 0 Å². The Morgan fingerprint density at radius 3 is 2.30 bits per heavy atom. The highest BCUT2D eigenvalue weighted by Gasteiger charge is 2.44. The number of hydrogen-bond donors (Lipinski definition) is 3. The van der Waals surface area contributed by atoms with Crippen LogP contribution in [0.3, 0.4) is 0 Å². The first-order chi connectivity index (χ1) is 10.8. The highest BCUT2D eigenvalue weighted by molar-refractivity contribution is 6.42.